The summed E-state index contributed by atoms with van der Waals surface area (Å²) in [6, 6.07) is 6.65. The molecule has 55 heavy (non-hydrogen) atoms. The highest BCUT2D eigenvalue weighted by Gasteiger charge is 2.22. The molecule has 4 N–H and O–H groups in total. The Morgan fingerprint density at radius 2 is 1.64 bits per heavy atom. The van der Waals surface area contributed by atoms with Gasteiger partial charge in [0.2, 0.25) is 0 Å². The molecule has 0 aliphatic heterocycles. The number of allylic oxidation sites excluding steroid dienone is 5. The number of rotatable bonds is 19. The normalized spacial score (nSPS) is 14.4. The maximum absolute atomic E-state index is 5.05. The topological polar surface area (TPSA) is 63.7 Å². The predicted octanol–water partition coefficient (Wildman–Crippen LogP) is 11.6. The van der Waals surface area contributed by atoms with Gasteiger partial charge in [0.25, 0.3) is 0 Å². The Morgan fingerprint density at radius 1 is 0.982 bits per heavy atom. The Balaban J connectivity index is 0.00000462. The van der Waals surface area contributed by atoms with E-state index in [1.165, 1.54) is 22.3 Å². The van der Waals surface area contributed by atoms with Crippen molar-refractivity contribution in [3.05, 3.63) is 168 Å². The number of nitrogens with one attached hydrogen (secondary N) is 4. The molecule has 0 bridgehead atoms. The van der Waals surface area contributed by atoms with Crippen LogP contribution in [0.25, 0.3) is 5.70 Å². The fourth-order valence-electron chi connectivity index (χ4n) is 5.98. The van der Waals surface area contributed by atoms with Crippen LogP contribution in [0.15, 0.2) is 156 Å². The Hall–Kier alpha value is -5.19. The summed E-state index contributed by atoms with van der Waals surface area (Å²) in [5, 5.41) is 13.9. The molecule has 0 heterocycles. The Labute approximate surface area is 337 Å². The summed E-state index contributed by atoms with van der Waals surface area (Å²) in [6.07, 6.45) is 12.4. The second-order valence-corrected chi connectivity index (χ2v) is 12.7. The first-order chi connectivity index (χ1) is 26.4. The zero-order valence-electron chi connectivity index (χ0n) is 36.7. The van der Waals surface area contributed by atoms with Crippen LogP contribution < -0.4 is 21.3 Å². The van der Waals surface area contributed by atoms with Gasteiger partial charge in [0.15, 0.2) is 0 Å². The first kappa shape index (κ1) is 49.8. The van der Waals surface area contributed by atoms with Crippen LogP contribution in [-0.2, 0) is 6.42 Å². The van der Waals surface area contributed by atoms with Crippen molar-refractivity contribution in [1.29, 1.82) is 0 Å². The van der Waals surface area contributed by atoms with Crippen LogP contribution in [0.2, 0.25) is 0 Å². The van der Waals surface area contributed by atoms with E-state index >= 15 is 0 Å². The van der Waals surface area contributed by atoms with Gasteiger partial charge in [0.1, 0.15) is 5.82 Å². The molecule has 1 aromatic carbocycles. The summed E-state index contributed by atoms with van der Waals surface area (Å²) < 4.78 is 0. The SMILES string of the molecule is C=C.C=C1C(=C)C(NCC2=CC=C=CC(CNC(=C)C(C)N(CC)C(=C\C)/N=C(\C)C(=C)NC(C)c3ccc(C(=C)NC)cc3CCC)=C2)=C1C.CC.CC. The first-order valence-corrected chi connectivity index (χ1v) is 19.9. The van der Waals surface area contributed by atoms with Gasteiger partial charge in [-0.3, -0.25) is 0 Å². The molecule has 0 amide bonds. The molecule has 0 saturated heterocycles. The minimum atomic E-state index is 0.00518. The zero-order chi connectivity index (χ0) is 42.2. The number of hydrogen-bond donors (Lipinski definition) is 4. The van der Waals surface area contributed by atoms with Gasteiger partial charge in [0, 0.05) is 55.5 Å². The minimum Gasteiger partial charge on any atom is -0.388 e. The van der Waals surface area contributed by atoms with Crippen molar-refractivity contribution in [1.82, 2.24) is 26.2 Å². The van der Waals surface area contributed by atoms with Crippen LogP contribution in [0.4, 0.5) is 0 Å². The number of hydrogen-bond acceptors (Lipinski definition) is 6. The summed E-state index contributed by atoms with van der Waals surface area (Å²) in [6.45, 7) is 52.0. The van der Waals surface area contributed by atoms with E-state index in [1.54, 1.807) is 0 Å². The summed E-state index contributed by atoms with van der Waals surface area (Å²) in [4.78, 5) is 7.30. The molecule has 0 spiro atoms. The van der Waals surface area contributed by atoms with Gasteiger partial charge in [-0.2, -0.15) is 0 Å². The second kappa shape index (κ2) is 26.6. The molecule has 2 aliphatic rings. The Kier molecular flexibility index (Phi) is 24.1. The van der Waals surface area contributed by atoms with Gasteiger partial charge >= 0.3 is 0 Å². The van der Waals surface area contributed by atoms with Crippen LogP contribution in [0, 0.1) is 0 Å². The molecule has 0 radical (unpaired) electrons. The average molecular weight is 747 g/mol. The molecule has 2 aliphatic carbocycles. The maximum Gasteiger partial charge on any atom is 0.125 e. The first-order valence-electron chi connectivity index (χ1n) is 19.9. The quantitative estimate of drug-likeness (QED) is 0.0645. The number of likely N-dealkylation sites (N-methyl/N-ethyl adjacent to an activating group) is 1. The van der Waals surface area contributed by atoms with Crippen LogP contribution in [0.5, 0.6) is 0 Å². The molecule has 2 atom stereocenters. The van der Waals surface area contributed by atoms with Crippen molar-refractivity contribution in [3.63, 3.8) is 0 Å². The lowest BCUT2D eigenvalue weighted by molar-refractivity contribution is 0.300. The fourth-order valence-corrected chi connectivity index (χ4v) is 5.98. The van der Waals surface area contributed by atoms with E-state index in [2.05, 4.69) is 149 Å². The second-order valence-electron chi connectivity index (χ2n) is 12.7. The van der Waals surface area contributed by atoms with E-state index in [-0.39, 0.29) is 12.1 Å². The van der Waals surface area contributed by atoms with Gasteiger partial charge in [-0.05, 0) is 123 Å². The van der Waals surface area contributed by atoms with Gasteiger partial charge in [-0.25, -0.2) is 4.99 Å². The van der Waals surface area contributed by atoms with E-state index in [9.17, 15) is 0 Å². The van der Waals surface area contributed by atoms with E-state index in [1.807, 2.05) is 60.7 Å². The predicted molar refractivity (Wildman–Crippen MR) is 247 cm³/mol. The maximum atomic E-state index is 5.05. The van der Waals surface area contributed by atoms with E-state index in [0.717, 1.165) is 76.0 Å². The molecule has 6 nitrogen and oxygen atoms in total. The molecular formula is C49H74N6. The lowest BCUT2D eigenvalue weighted by Crippen LogP contribution is -2.38. The molecule has 300 valence electrons. The highest BCUT2D eigenvalue weighted by atomic mass is 15.2. The fraction of sp³-hybridized carbons (Fsp3) is 0.388. The van der Waals surface area contributed by atoms with Crippen molar-refractivity contribution in [2.45, 2.75) is 101 Å². The van der Waals surface area contributed by atoms with Gasteiger partial charge in [0.05, 0.1) is 11.8 Å². The van der Waals surface area contributed by atoms with Crippen molar-refractivity contribution >= 4 is 11.4 Å². The van der Waals surface area contributed by atoms with Crippen molar-refractivity contribution in [3.8, 4) is 0 Å². The highest BCUT2D eigenvalue weighted by molar-refractivity contribution is 5.97. The van der Waals surface area contributed by atoms with Crippen molar-refractivity contribution < 1.29 is 0 Å². The molecule has 0 fully saturated rings. The number of benzene rings is 1. The third-order valence-electron chi connectivity index (χ3n) is 9.27. The van der Waals surface area contributed by atoms with Crippen LogP contribution in [0.3, 0.4) is 0 Å². The molecular weight excluding hydrogens is 673 g/mol. The van der Waals surface area contributed by atoms with E-state index in [4.69, 9.17) is 4.99 Å². The minimum absolute atomic E-state index is 0.00518. The highest BCUT2D eigenvalue weighted by Crippen LogP contribution is 2.35. The number of aryl methyl sites for hydroxylation is 1. The van der Waals surface area contributed by atoms with Gasteiger partial charge in [-0.1, -0.05) is 92.1 Å². The summed E-state index contributed by atoms with van der Waals surface area (Å²) in [5.74, 6) is 0.880. The van der Waals surface area contributed by atoms with E-state index < -0.39 is 0 Å². The lowest BCUT2D eigenvalue weighted by atomic mass is 9.85. The number of aliphatic imine (C=N–C) groups is 1. The Bertz CT molecular complexity index is 1720. The standard InChI is InChI=1S/C43H58N6.2C2H6.C2H4/c1-14-19-40-25-39(34(10)44-13)22-23-41(40)35(11)47-31(7)32(8)48-42(15-2)49(16-3)36(12)33(9)45-26-37-20-17-18-21-38(24-37)27-46-43-29(5)28(4)30(43)6;3*1-2/h15,18,20-25,35-36,44-47H,4-5,7,9-10,14,16,19,26-27H2,1-3,6,8,11-13H3;2*1-2H3;1-2H2/b42-15-,48-32+;;;. The summed E-state index contributed by atoms with van der Waals surface area (Å²) in [7, 11) is 1.90. The molecule has 3 rings (SSSR count). The van der Waals surface area contributed by atoms with Crippen LogP contribution >= 0.6 is 0 Å². The monoisotopic (exact) mass is 747 g/mol. The van der Waals surface area contributed by atoms with Gasteiger partial charge in [-0.15, -0.1) is 18.9 Å². The molecule has 6 heteroatoms. The Morgan fingerprint density at radius 3 is 2.20 bits per heavy atom. The molecule has 1 aromatic rings. The molecule has 0 aromatic heterocycles. The van der Waals surface area contributed by atoms with Crippen molar-refractivity contribution in [2.75, 3.05) is 26.7 Å². The lowest BCUT2D eigenvalue weighted by Gasteiger charge is -2.32. The van der Waals surface area contributed by atoms with E-state index in [0.29, 0.717) is 13.1 Å². The summed E-state index contributed by atoms with van der Waals surface area (Å²) in [5.41, 5.74) is 17.0. The third kappa shape index (κ3) is 14.5. The third-order valence-corrected chi connectivity index (χ3v) is 9.27. The van der Waals surface area contributed by atoms with Crippen LogP contribution in [-0.4, -0.2) is 43.3 Å². The van der Waals surface area contributed by atoms with Gasteiger partial charge < -0.3 is 26.2 Å². The summed E-state index contributed by atoms with van der Waals surface area (Å²) >= 11 is 0. The zero-order valence-corrected chi connectivity index (χ0v) is 36.7. The van der Waals surface area contributed by atoms with Crippen LogP contribution in [0.1, 0.15) is 105 Å². The largest absolute Gasteiger partial charge is 0.388 e. The molecule has 2 unspecified atom stereocenters. The number of nitrogens with zero attached hydrogens (tertiary/aromatic N) is 2. The molecule has 0 saturated carbocycles. The van der Waals surface area contributed by atoms with Crippen molar-refractivity contribution in [2.24, 2.45) is 4.99 Å². The smallest absolute Gasteiger partial charge is 0.125 e. The average Bonchev–Trinajstić information content (AvgIpc) is 3.46.